The second kappa shape index (κ2) is 5.51. The molecule has 1 heterocycles. The summed E-state index contributed by atoms with van der Waals surface area (Å²) in [7, 11) is 0. The third-order valence-electron chi connectivity index (χ3n) is 2.23. The van der Waals surface area contributed by atoms with Gasteiger partial charge in [0.15, 0.2) is 6.61 Å². The lowest BCUT2D eigenvalue weighted by Gasteiger charge is -2.09. The van der Waals surface area contributed by atoms with Gasteiger partial charge in [0.05, 0.1) is 5.69 Å². The van der Waals surface area contributed by atoms with E-state index in [-0.39, 0.29) is 0 Å². The molecule has 0 amide bonds. The van der Waals surface area contributed by atoms with Crippen molar-refractivity contribution >= 4 is 17.6 Å². The molecule has 2 aromatic rings. The first-order valence-electron chi connectivity index (χ1n) is 5.22. The van der Waals surface area contributed by atoms with Crippen molar-refractivity contribution in [1.29, 1.82) is 0 Å². The number of aromatic nitrogens is 1. The number of aliphatic carboxylic acids is 1. The van der Waals surface area contributed by atoms with Crippen LogP contribution in [0, 0.1) is 0 Å². The first kappa shape index (κ1) is 12.4. The first-order chi connectivity index (χ1) is 8.66. The number of rotatable bonds is 4. The molecular weight excluding hydrogens is 254 g/mol. The molecular formula is C13H10ClNO3. The number of nitrogens with zero attached hydrogens (tertiary/aromatic N) is 1. The zero-order valence-electron chi connectivity index (χ0n) is 9.34. The Morgan fingerprint density at radius 3 is 2.83 bits per heavy atom. The van der Waals surface area contributed by atoms with E-state index >= 15 is 0 Å². The zero-order chi connectivity index (χ0) is 13.0. The Morgan fingerprint density at radius 2 is 2.17 bits per heavy atom. The molecule has 1 aromatic heterocycles. The molecule has 0 unspecified atom stereocenters. The molecule has 0 bridgehead atoms. The lowest BCUT2D eigenvalue weighted by Crippen LogP contribution is -2.10. The summed E-state index contributed by atoms with van der Waals surface area (Å²) in [5.41, 5.74) is 1.35. The summed E-state index contributed by atoms with van der Waals surface area (Å²) in [5, 5.41) is 9.16. The number of carbonyl (C=O) groups is 1. The average molecular weight is 264 g/mol. The molecule has 0 aliphatic carbocycles. The summed E-state index contributed by atoms with van der Waals surface area (Å²) >= 11 is 5.93. The first-order valence-corrected chi connectivity index (χ1v) is 5.60. The van der Waals surface area contributed by atoms with Crippen molar-refractivity contribution in [2.24, 2.45) is 0 Å². The van der Waals surface area contributed by atoms with Gasteiger partial charge in [-0.3, -0.25) is 4.98 Å². The molecule has 0 saturated heterocycles. The van der Waals surface area contributed by atoms with Gasteiger partial charge in [0, 0.05) is 16.8 Å². The number of carboxylic acids is 1. The molecule has 1 aromatic carbocycles. The quantitative estimate of drug-likeness (QED) is 0.921. The normalized spacial score (nSPS) is 10.1. The highest BCUT2D eigenvalue weighted by molar-refractivity contribution is 6.30. The van der Waals surface area contributed by atoms with Crippen LogP contribution in [-0.4, -0.2) is 22.7 Å². The highest BCUT2D eigenvalue weighted by atomic mass is 35.5. The van der Waals surface area contributed by atoms with Crippen LogP contribution >= 0.6 is 11.6 Å². The molecule has 0 saturated carbocycles. The van der Waals surface area contributed by atoms with Crippen molar-refractivity contribution < 1.29 is 14.6 Å². The minimum Gasteiger partial charge on any atom is -0.481 e. The van der Waals surface area contributed by atoms with Gasteiger partial charge in [-0.15, -0.1) is 0 Å². The van der Waals surface area contributed by atoms with E-state index in [0.717, 1.165) is 0 Å². The number of carboxylic acid groups (broad SMARTS) is 1. The summed E-state index contributed by atoms with van der Waals surface area (Å²) in [6, 6.07) is 10.4. The molecule has 0 aliphatic heterocycles. The van der Waals surface area contributed by atoms with Gasteiger partial charge in [0.1, 0.15) is 5.75 Å². The number of hydrogen-bond acceptors (Lipinski definition) is 3. The number of ether oxygens (including phenoxy) is 1. The summed E-state index contributed by atoms with van der Waals surface area (Å²) in [5.74, 6) is -0.586. The summed E-state index contributed by atoms with van der Waals surface area (Å²) in [6.45, 7) is -0.401. The van der Waals surface area contributed by atoms with E-state index in [9.17, 15) is 4.79 Å². The van der Waals surface area contributed by atoms with E-state index in [2.05, 4.69) is 4.98 Å². The van der Waals surface area contributed by atoms with Gasteiger partial charge in [-0.1, -0.05) is 17.7 Å². The van der Waals surface area contributed by atoms with Crippen LogP contribution in [0.3, 0.4) is 0 Å². The number of pyridine rings is 1. The standard InChI is InChI=1S/C13H10ClNO3/c14-9-4-5-12(18-8-13(16)17)10(7-9)11-3-1-2-6-15-11/h1-7H,8H2,(H,16,17). The van der Waals surface area contributed by atoms with Crippen LogP contribution in [0.2, 0.25) is 5.02 Å². The predicted molar refractivity (Wildman–Crippen MR) is 67.8 cm³/mol. The fraction of sp³-hybridized carbons (Fsp3) is 0.0769. The summed E-state index contributed by atoms with van der Waals surface area (Å²) in [6.07, 6.45) is 1.65. The Bertz CT molecular complexity index is 557. The van der Waals surface area contributed by atoms with Crippen molar-refractivity contribution in [3.63, 3.8) is 0 Å². The van der Waals surface area contributed by atoms with Crippen LogP contribution < -0.4 is 4.74 Å². The third-order valence-corrected chi connectivity index (χ3v) is 2.47. The minimum absolute atomic E-state index is 0.401. The number of benzene rings is 1. The molecule has 0 atom stereocenters. The van der Waals surface area contributed by atoms with E-state index in [1.54, 1.807) is 36.5 Å². The largest absolute Gasteiger partial charge is 0.481 e. The monoisotopic (exact) mass is 263 g/mol. The molecule has 4 nitrogen and oxygen atoms in total. The maximum Gasteiger partial charge on any atom is 0.341 e. The van der Waals surface area contributed by atoms with Crippen molar-refractivity contribution in [3.8, 4) is 17.0 Å². The van der Waals surface area contributed by atoms with Gasteiger partial charge >= 0.3 is 5.97 Å². The highest BCUT2D eigenvalue weighted by Crippen LogP contribution is 2.31. The van der Waals surface area contributed by atoms with Crippen molar-refractivity contribution in [3.05, 3.63) is 47.6 Å². The van der Waals surface area contributed by atoms with Gasteiger partial charge in [0.25, 0.3) is 0 Å². The molecule has 1 N–H and O–H groups in total. The fourth-order valence-electron chi connectivity index (χ4n) is 1.49. The van der Waals surface area contributed by atoms with E-state index in [1.165, 1.54) is 0 Å². The maximum atomic E-state index is 10.5. The second-order valence-electron chi connectivity index (χ2n) is 3.54. The number of halogens is 1. The van der Waals surface area contributed by atoms with Crippen molar-refractivity contribution in [2.75, 3.05) is 6.61 Å². The van der Waals surface area contributed by atoms with Crippen LogP contribution in [0.5, 0.6) is 5.75 Å². The van der Waals surface area contributed by atoms with Crippen LogP contribution in [0.1, 0.15) is 0 Å². The Labute approximate surface area is 109 Å². The Balaban J connectivity index is 2.38. The lowest BCUT2D eigenvalue weighted by atomic mass is 10.1. The van der Waals surface area contributed by atoms with Crippen molar-refractivity contribution in [2.45, 2.75) is 0 Å². The minimum atomic E-state index is -1.03. The molecule has 92 valence electrons. The Kier molecular flexibility index (Phi) is 3.79. The number of hydrogen-bond donors (Lipinski definition) is 1. The maximum absolute atomic E-state index is 10.5. The van der Waals surface area contributed by atoms with Gasteiger partial charge in [0.2, 0.25) is 0 Å². The Morgan fingerprint density at radius 1 is 1.33 bits per heavy atom. The molecule has 5 heteroatoms. The van der Waals surface area contributed by atoms with Gasteiger partial charge in [-0.2, -0.15) is 0 Å². The summed E-state index contributed by atoms with van der Waals surface area (Å²) < 4.78 is 5.21. The second-order valence-corrected chi connectivity index (χ2v) is 3.97. The molecule has 0 spiro atoms. The molecule has 2 rings (SSSR count). The van der Waals surface area contributed by atoms with Gasteiger partial charge in [-0.05, 0) is 30.3 Å². The van der Waals surface area contributed by atoms with Gasteiger partial charge < -0.3 is 9.84 Å². The van der Waals surface area contributed by atoms with Gasteiger partial charge in [-0.25, -0.2) is 4.79 Å². The van der Waals surface area contributed by atoms with Crippen LogP contribution in [-0.2, 0) is 4.79 Å². The van der Waals surface area contributed by atoms with Crippen molar-refractivity contribution in [1.82, 2.24) is 4.98 Å². The predicted octanol–water partition coefficient (Wildman–Crippen LogP) is 2.87. The van der Waals surface area contributed by atoms with E-state index in [4.69, 9.17) is 21.4 Å². The SMILES string of the molecule is O=C(O)COc1ccc(Cl)cc1-c1ccccn1. The topological polar surface area (TPSA) is 59.4 Å². The summed E-state index contributed by atoms with van der Waals surface area (Å²) in [4.78, 5) is 14.7. The molecule has 0 fully saturated rings. The molecule has 18 heavy (non-hydrogen) atoms. The Hall–Kier alpha value is -2.07. The zero-order valence-corrected chi connectivity index (χ0v) is 10.1. The van der Waals surface area contributed by atoms with Crippen LogP contribution in [0.25, 0.3) is 11.3 Å². The molecule has 0 aliphatic rings. The lowest BCUT2D eigenvalue weighted by molar-refractivity contribution is -0.139. The van der Waals surface area contributed by atoms with Crippen LogP contribution in [0.4, 0.5) is 0 Å². The smallest absolute Gasteiger partial charge is 0.341 e. The van der Waals surface area contributed by atoms with E-state index < -0.39 is 12.6 Å². The van der Waals surface area contributed by atoms with E-state index in [1.807, 2.05) is 6.07 Å². The third kappa shape index (κ3) is 2.99. The van der Waals surface area contributed by atoms with E-state index in [0.29, 0.717) is 22.0 Å². The van der Waals surface area contributed by atoms with Crippen LogP contribution in [0.15, 0.2) is 42.6 Å². The fourth-order valence-corrected chi connectivity index (χ4v) is 1.66. The molecule has 0 radical (unpaired) electrons. The highest BCUT2D eigenvalue weighted by Gasteiger charge is 2.09. The average Bonchev–Trinajstić information content (AvgIpc) is 2.38.